The van der Waals surface area contributed by atoms with Crippen LogP contribution < -0.4 is 0 Å². The first-order valence-corrected chi connectivity index (χ1v) is 20.6. The van der Waals surface area contributed by atoms with E-state index in [-0.39, 0.29) is 51.1 Å². The van der Waals surface area contributed by atoms with Gasteiger partial charge >= 0.3 is 17.9 Å². The minimum absolute atomic E-state index is 0.000806. The van der Waals surface area contributed by atoms with Gasteiger partial charge in [-0.05, 0) is 130 Å². The Bertz CT molecular complexity index is 1250. The maximum atomic E-state index is 14.3. The van der Waals surface area contributed by atoms with Gasteiger partial charge in [-0.25, -0.2) is 0 Å². The standard InChI is InChI=1S/C44H72O6/c1-30(2)32-21-26-44(39(47)49-29-17-15-13-11-10-12-14-16-18-37(46)48-9)28-27-42(7)33(38(32)44)19-20-35-41(6)24-23-36(50-31(3)45)40(4,5)34(41)22-25-43(35,42)8/h32-36,38H,1,10-29H2,2-9H3/t32-,33+,34-,35+,36-,38+,41-,42+,43+,44-/m0/s1. The quantitative estimate of drug-likeness (QED) is 0.0778. The molecule has 5 aliphatic carbocycles. The van der Waals surface area contributed by atoms with Gasteiger partial charge in [-0.15, -0.1) is 0 Å². The zero-order chi connectivity index (χ0) is 36.5. The van der Waals surface area contributed by atoms with E-state index in [2.05, 4.69) is 48.1 Å². The monoisotopic (exact) mass is 697 g/mol. The molecule has 284 valence electrons. The lowest BCUT2D eigenvalue weighted by atomic mass is 9.32. The normalized spacial score (nSPS) is 40.0. The molecule has 0 amide bonds. The Morgan fingerprint density at radius 3 is 2.00 bits per heavy atom. The molecule has 0 aromatic rings. The molecule has 6 nitrogen and oxygen atoms in total. The molecule has 0 N–H and O–H groups in total. The molecule has 0 bridgehead atoms. The Morgan fingerprint density at radius 1 is 0.700 bits per heavy atom. The Hall–Kier alpha value is -1.85. The van der Waals surface area contributed by atoms with Crippen molar-refractivity contribution in [2.75, 3.05) is 13.7 Å². The van der Waals surface area contributed by atoms with Crippen molar-refractivity contribution < 1.29 is 28.6 Å². The summed E-state index contributed by atoms with van der Waals surface area (Å²) in [6.07, 6.45) is 20.3. The van der Waals surface area contributed by atoms with Crippen molar-refractivity contribution in [1.29, 1.82) is 0 Å². The smallest absolute Gasteiger partial charge is 0.312 e. The van der Waals surface area contributed by atoms with Crippen molar-refractivity contribution in [3.8, 4) is 0 Å². The number of hydrogen-bond acceptors (Lipinski definition) is 6. The predicted octanol–water partition coefficient (Wildman–Crippen LogP) is 10.8. The summed E-state index contributed by atoms with van der Waals surface area (Å²) >= 11 is 0. The average molecular weight is 697 g/mol. The summed E-state index contributed by atoms with van der Waals surface area (Å²) in [6, 6.07) is 0. The van der Waals surface area contributed by atoms with Crippen LogP contribution in [0.25, 0.3) is 0 Å². The molecule has 5 rings (SSSR count). The van der Waals surface area contributed by atoms with Gasteiger partial charge in [-0.2, -0.15) is 0 Å². The molecule has 6 heteroatoms. The van der Waals surface area contributed by atoms with Crippen LogP contribution in [0.1, 0.15) is 170 Å². The summed E-state index contributed by atoms with van der Waals surface area (Å²) in [5, 5.41) is 0. The van der Waals surface area contributed by atoms with Crippen LogP contribution >= 0.6 is 0 Å². The van der Waals surface area contributed by atoms with E-state index in [0.29, 0.717) is 42.6 Å². The molecular weight excluding hydrogens is 624 g/mol. The van der Waals surface area contributed by atoms with Gasteiger partial charge in [0.25, 0.3) is 0 Å². The molecule has 0 aliphatic heterocycles. The largest absolute Gasteiger partial charge is 0.469 e. The Labute approximate surface area is 305 Å². The number of hydrogen-bond donors (Lipinski definition) is 0. The van der Waals surface area contributed by atoms with Crippen LogP contribution in [0.3, 0.4) is 0 Å². The summed E-state index contributed by atoms with van der Waals surface area (Å²) in [4.78, 5) is 37.6. The summed E-state index contributed by atoms with van der Waals surface area (Å²) in [7, 11) is 1.45. The molecule has 0 radical (unpaired) electrons. The molecule has 0 saturated heterocycles. The minimum Gasteiger partial charge on any atom is -0.469 e. The third-order valence-corrected chi connectivity index (χ3v) is 16.5. The SMILES string of the molecule is C=C(C)[C@@H]1CC[C@]2(C(=O)OCCCCCCCCCCC(=O)OC)CC[C@]3(C)[C@H](CC[C@@H]4[C@@]5(C)CC[C@H](OC(C)=O)C(C)(C)[C@@H]5CC[C@]43C)[C@@H]12. The molecule has 0 heterocycles. The van der Waals surface area contributed by atoms with Gasteiger partial charge in [-0.3, -0.25) is 14.4 Å². The maximum absolute atomic E-state index is 14.3. The molecule has 50 heavy (non-hydrogen) atoms. The molecule has 5 fully saturated rings. The number of allylic oxidation sites excluding steroid dienone is 1. The number of fused-ring (bicyclic) bond motifs is 7. The summed E-state index contributed by atoms with van der Waals surface area (Å²) < 4.78 is 16.9. The highest BCUT2D eigenvalue weighted by Gasteiger charge is 2.72. The number of ether oxygens (including phenoxy) is 3. The lowest BCUT2D eigenvalue weighted by molar-refractivity contribution is -0.250. The van der Waals surface area contributed by atoms with Crippen LogP contribution in [0.5, 0.6) is 0 Å². The van der Waals surface area contributed by atoms with Crippen molar-refractivity contribution in [1.82, 2.24) is 0 Å². The first-order valence-electron chi connectivity index (χ1n) is 20.6. The minimum atomic E-state index is -0.369. The van der Waals surface area contributed by atoms with Crippen LogP contribution in [0.15, 0.2) is 12.2 Å². The number of esters is 3. The highest BCUT2D eigenvalue weighted by molar-refractivity contribution is 5.78. The molecule has 10 atom stereocenters. The first kappa shape index (κ1) is 39.4. The summed E-state index contributed by atoms with van der Waals surface area (Å²) in [5.41, 5.74) is 1.46. The second-order valence-electron chi connectivity index (χ2n) is 19.1. The van der Waals surface area contributed by atoms with Crippen LogP contribution in [-0.4, -0.2) is 37.7 Å². The summed E-state index contributed by atoms with van der Waals surface area (Å²) in [6.45, 7) is 21.4. The highest BCUT2D eigenvalue weighted by Crippen LogP contribution is 2.77. The zero-order valence-electron chi connectivity index (χ0n) is 33.3. The molecule has 5 aliphatic rings. The zero-order valence-corrected chi connectivity index (χ0v) is 33.3. The Kier molecular flexibility index (Phi) is 12.0. The molecule has 0 unspecified atom stereocenters. The molecule has 0 aromatic heterocycles. The van der Waals surface area contributed by atoms with Gasteiger partial charge < -0.3 is 14.2 Å². The topological polar surface area (TPSA) is 78.9 Å². The van der Waals surface area contributed by atoms with Crippen LogP contribution in [-0.2, 0) is 28.6 Å². The van der Waals surface area contributed by atoms with Crippen molar-refractivity contribution in [3.63, 3.8) is 0 Å². The number of carbonyl (C=O) groups excluding carboxylic acids is 3. The molecule has 5 saturated carbocycles. The lowest BCUT2D eigenvalue weighted by Crippen LogP contribution is -2.67. The van der Waals surface area contributed by atoms with Crippen molar-refractivity contribution in [2.24, 2.45) is 56.7 Å². The van der Waals surface area contributed by atoms with E-state index >= 15 is 0 Å². The maximum Gasteiger partial charge on any atom is 0.312 e. The van der Waals surface area contributed by atoms with Gasteiger partial charge in [0.05, 0.1) is 19.1 Å². The Balaban J connectivity index is 1.23. The van der Waals surface area contributed by atoms with Gasteiger partial charge in [0.1, 0.15) is 6.10 Å². The third kappa shape index (κ3) is 6.85. The van der Waals surface area contributed by atoms with Gasteiger partial charge in [0.15, 0.2) is 0 Å². The van der Waals surface area contributed by atoms with Crippen LogP contribution in [0.2, 0.25) is 0 Å². The second-order valence-corrected chi connectivity index (χ2v) is 19.1. The fourth-order valence-electron chi connectivity index (χ4n) is 13.7. The van der Waals surface area contributed by atoms with Crippen molar-refractivity contribution >= 4 is 17.9 Å². The van der Waals surface area contributed by atoms with E-state index in [0.717, 1.165) is 70.6 Å². The van der Waals surface area contributed by atoms with Gasteiger partial charge in [0, 0.05) is 18.8 Å². The number of rotatable bonds is 14. The number of carbonyl (C=O) groups is 3. The third-order valence-electron chi connectivity index (χ3n) is 16.5. The van der Waals surface area contributed by atoms with E-state index in [9.17, 15) is 14.4 Å². The fraction of sp³-hybridized carbons (Fsp3) is 0.886. The Morgan fingerprint density at radius 2 is 1.36 bits per heavy atom. The van der Waals surface area contributed by atoms with E-state index < -0.39 is 0 Å². The average Bonchev–Trinajstić information content (AvgIpc) is 3.46. The lowest BCUT2D eigenvalue weighted by Gasteiger charge is -2.72. The summed E-state index contributed by atoms with van der Waals surface area (Å²) in [5.74, 6) is 2.23. The number of methoxy groups -OCH3 is 1. The van der Waals surface area contributed by atoms with E-state index in [1.807, 2.05) is 0 Å². The van der Waals surface area contributed by atoms with E-state index in [4.69, 9.17) is 14.2 Å². The van der Waals surface area contributed by atoms with E-state index in [1.165, 1.54) is 57.6 Å². The molecule has 0 spiro atoms. The van der Waals surface area contributed by atoms with E-state index in [1.54, 1.807) is 6.92 Å². The second kappa shape index (κ2) is 15.2. The first-order chi connectivity index (χ1) is 23.6. The number of unbranched alkanes of at least 4 members (excludes halogenated alkanes) is 7. The van der Waals surface area contributed by atoms with Crippen LogP contribution in [0, 0.1) is 56.7 Å². The molecular formula is C44H72O6. The van der Waals surface area contributed by atoms with Crippen molar-refractivity contribution in [3.05, 3.63) is 12.2 Å². The fourth-order valence-corrected chi connectivity index (χ4v) is 13.7. The van der Waals surface area contributed by atoms with Crippen molar-refractivity contribution in [2.45, 2.75) is 177 Å². The highest BCUT2D eigenvalue weighted by atomic mass is 16.5. The van der Waals surface area contributed by atoms with Gasteiger partial charge in [-0.1, -0.05) is 85.3 Å². The molecule has 0 aromatic carbocycles. The van der Waals surface area contributed by atoms with Crippen LogP contribution in [0.4, 0.5) is 0 Å². The predicted molar refractivity (Wildman–Crippen MR) is 199 cm³/mol. The van der Waals surface area contributed by atoms with Gasteiger partial charge in [0.2, 0.25) is 0 Å².